The van der Waals surface area contributed by atoms with Crippen LogP contribution >= 0.6 is 0 Å². The van der Waals surface area contributed by atoms with Crippen LogP contribution in [0.4, 0.5) is 0 Å². The fraction of sp³-hybridized carbons (Fsp3) is 0.333. The second-order valence-electron chi connectivity index (χ2n) is 7.47. The van der Waals surface area contributed by atoms with Crippen molar-refractivity contribution in [3.05, 3.63) is 65.2 Å². The molecule has 2 fully saturated rings. The number of methoxy groups -OCH3 is 1. The summed E-state index contributed by atoms with van der Waals surface area (Å²) in [5, 5.41) is 19.4. The summed E-state index contributed by atoms with van der Waals surface area (Å²) in [6, 6.07) is 16.7. The minimum Gasteiger partial charge on any atom is -0.497 e. The summed E-state index contributed by atoms with van der Waals surface area (Å²) < 4.78 is 5.21. The van der Waals surface area contributed by atoms with Gasteiger partial charge in [0, 0.05) is 23.0 Å². The molecule has 0 spiro atoms. The zero-order valence-electron chi connectivity index (χ0n) is 16.2. The number of hydrogen-bond donors (Lipinski definition) is 1. The molecule has 146 valence electrons. The Morgan fingerprint density at radius 3 is 2.52 bits per heavy atom. The van der Waals surface area contributed by atoms with Crippen molar-refractivity contribution in [2.24, 2.45) is 5.92 Å². The number of carbonyl (C=O) groups excluding carboxylic acids is 1. The van der Waals surface area contributed by atoms with Crippen LogP contribution < -0.4 is 4.74 Å². The molecule has 5 nitrogen and oxygen atoms in total. The molecule has 1 N–H and O–H groups in total. The number of aliphatic hydroxyl groups is 1. The number of amides is 1. The first-order chi connectivity index (χ1) is 14.2. The minimum atomic E-state index is -0.519. The highest BCUT2D eigenvalue weighted by Crippen LogP contribution is 2.44. The van der Waals surface area contributed by atoms with Crippen LogP contribution in [-0.2, 0) is 4.79 Å². The highest BCUT2D eigenvalue weighted by Gasteiger charge is 2.53. The Labute approximate surface area is 170 Å². The smallest absolute Gasteiger partial charge is 0.227 e. The van der Waals surface area contributed by atoms with Crippen molar-refractivity contribution in [3.63, 3.8) is 0 Å². The lowest BCUT2D eigenvalue weighted by Gasteiger charge is -2.51. The molecule has 0 unspecified atom stereocenters. The molecule has 4 rings (SSSR count). The Morgan fingerprint density at radius 1 is 1.17 bits per heavy atom. The zero-order valence-corrected chi connectivity index (χ0v) is 16.2. The predicted octanol–water partition coefficient (Wildman–Crippen LogP) is 2.68. The number of likely N-dealkylation sites (tertiary alicyclic amines) is 1. The molecule has 2 aromatic carbocycles. The van der Waals surface area contributed by atoms with Crippen LogP contribution in [0.25, 0.3) is 0 Å². The van der Waals surface area contributed by atoms with Gasteiger partial charge in [-0.3, -0.25) is 4.79 Å². The van der Waals surface area contributed by atoms with Crippen LogP contribution in [0.3, 0.4) is 0 Å². The first kappa shape index (κ1) is 19.1. The molecule has 1 amide bonds. The molecule has 2 aliphatic rings. The summed E-state index contributed by atoms with van der Waals surface area (Å²) in [5.41, 5.74) is 2.67. The highest BCUT2D eigenvalue weighted by atomic mass is 16.5. The number of nitrogens with zero attached hydrogens (tertiary/aromatic N) is 2. The van der Waals surface area contributed by atoms with Gasteiger partial charge in [-0.1, -0.05) is 30.0 Å². The molecule has 2 aromatic rings. The summed E-state index contributed by atoms with van der Waals surface area (Å²) in [4.78, 5) is 14.0. The van der Waals surface area contributed by atoms with Crippen molar-refractivity contribution in [2.75, 3.05) is 13.7 Å². The zero-order chi connectivity index (χ0) is 20.4. The largest absolute Gasteiger partial charge is 0.497 e. The van der Waals surface area contributed by atoms with E-state index in [2.05, 4.69) is 17.9 Å². The molecule has 1 saturated heterocycles. The van der Waals surface area contributed by atoms with Crippen molar-refractivity contribution < 1.29 is 14.6 Å². The number of nitriles is 1. The van der Waals surface area contributed by atoms with Gasteiger partial charge in [0.1, 0.15) is 11.8 Å². The van der Waals surface area contributed by atoms with Crippen molar-refractivity contribution in [3.8, 4) is 23.7 Å². The fourth-order valence-corrected chi connectivity index (χ4v) is 3.89. The monoisotopic (exact) mass is 386 g/mol. The normalized spacial score (nSPS) is 22.7. The van der Waals surface area contributed by atoms with Gasteiger partial charge in [-0.25, -0.2) is 0 Å². The Bertz CT molecular complexity index is 1010. The van der Waals surface area contributed by atoms with Crippen molar-refractivity contribution in [1.29, 1.82) is 5.26 Å². The molecule has 1 aliphatic heterocycles. The Hall–Kier alpha value is -3.28. The van der Waals surface area contributed by atoms with E-state index in [4.69, 9.17) is 4.74 Å². The number of benzene rings is 2. The van der Waals surface area contributed by atoms with Gasteiger partial charge in [-0.05, 0) is 48.7 Å². The Balaban J connectivity index is 1.51. The summed E-state index contributed by atoms with van der Waals surface area (Å²) in [7, 11) is 1.62. The third-order valence-electron chi connectivity index (χ3n) is 5.63. The number of ether oxygens (including phenoxy) is 1. The molecule has 0 bridgehead atoms. The highest BCUT2D eigenvalue weighted by molar-refractivity contribution is 5.83. The maximum absolute atomic E-state index is 12.5. The van der Waals surface area contributed by atoms with Crippen LogP contribution in [0.15, 0.2) is 48.5 Å². The summed E-state index contributed by atoms with van der Waals surface area (Å²) in [6.45, 7) is -0.140. The lowest BCUT2D eigenvalue weighted by Crippen LogP contribution is -2.65. The third-order valence-corrected chi connectivity index (χ3v) is 5.63. The number of aliphatic hydroxyl groups excluding tert-OH is 1. The van der Waals surface area contributed by atoms with Gasteiger partial charge < -0.3 is 14.7 Å². The molecule has 29 heavy (non-hydrogen) atoms. The summed E-state index contributed by atoms with van der Waals surface area (Å²) >= 11 is 0. The average Bonchev–Trinajstić information content (AvgIpc) is 3.58. The molecular formula is C24H22N2O3. The van der Waals surface area contributed by atoms with Gasteiger partial charge in [-0.15, -0.1) is 0 Å². The van der Waals surface area contributed by atoms with Crippen LogP contribution in [-0.4, -0.2) is 41.7 Å². The Kier molecular flexibility index (Phi) is 5.25. The standard InChI is InChI=1S/C24H22N2O3/c1-29-20-4-2-3-17(13-20)6-5-16-7-9-18(10-8-16)23-21(14-25)26(22(23)15-27)24(28)19-11-12-19/h2-4,7-10,13,19,21-23,27H,11-12,15H2,1H3/t21-,22+,23+/m0/s1. The number of carbonyl (C=O) groups is 1. The number of rotatable bonds is 4. The van der Waals surface area contributed by atoms with Crippen LogP contribution in [0.2, 0.25) is 0 Å². The van der Waals surface area contributed by atoms with E-state index in [0.717, 1.165) is 35.3 Å². The van der Waals surface area contributed by atoms with E-state index in [9.17, 15) is 15.2 Å². The molecule has 3 atom stereocenters. The predicted molar refractivity (Wildman–Crippen MR) is 108 cm³/mol. The number of hydrogen-bond acceptors (Lipinski definition) is 4. The lowest BCUT2D eigenvalue weighted by molar-refractivity contribution is -0.148. The molecule has 1 aliphatic carbocycles. The average molecular weight is 386 g/mol. The van der Waals surface area contributed by atoms with Crippen LogP contribution in [0.5, 0.6) is 5.75 Å². The maximum atomic E-state index is 12.5. The van der Waals surface area contributed by atoms with E-state index in [1.165, 1.54) is 0 Å². The first-order valence-electron chi connectivity index (χ1n) is 9.75. The SMILES string of the molecule is COc1cccc(C#Cc2ccc([C@H]3[C@@H](CO)N(C(=O)C4CC4)[C@H]3C#N)cc2)c1. The quantitative estimate of drug-likeness (QED) is 0.820. The fourth-order valence-electron chi connectivity index (χ4n) is 3.89. The summed E-state index contributed by atoms with van der Waals surface area (Å²) in [6.07, 6.45) is 1.77. The van der Waals surface area contributed by atoms with E-state index in [0.29, 0.717) is 0 Å². The maximum Gasteiger partial charge on any atom is 0.227 e. The van der Waals surface area contributed by atoms with Crippen molar-refractivity contribution in [2.45, 2.75) is 30.8 Å². The van der Waals surface area contributed by atoms with Crippen molar-refractivity contribution >= 4 is 5.91 Å². The van der Waals surface area contributed by atoms with Gasteiger partial charge >= 0.3 is 0 Å². The van der Waals surface area contributed by atoms with Gasteiger partial charge in [-0.2, -0.15) is 5.26 Å². The van der Waals surface area contributed by atoms with E-state index in [1.54, 1.807) is 12.0 Å². The molecule has 1 saturated carbocycles. The molecule has 0 aromatic heterocycles. The van der Waals surface area contributed by atoms with Crippen LogP contribution in [0.1, 0.15) is 35.4 Å². The second-order valence-corrected chi connectivity index (χ2v) is 7.47. The minimum absolute atomic E-state index is 0.00706. The van der Waals surface area contributed by atoms with Gasteiger partial charge in [0.05, 0.1) is 25.8 Å². The lowest BCUT2D eigenvalue weighted by atomic mass is 9.75. The van der Waals surface area contributed by atoms with E-state index >= 15 is 0 Å². The molecule has 1 heterocycles. The Morgan fingerprint density at radius 2 is 1.90 bits per heavy atom. The van der Waals surface area contributed by atoms with Crippen molar-refractivity contribution in [1.82, 2.24) is 4.90 Å². The molecular weight excluding hydrogens is 364 g/mol. The third kappa shape index (κ3) is 3.70. The van der Waals surface area contributed by atoms with Crippen LogP contribution in [0, 0.1) is 29.1 Å². The van der Waals surface area contributed by atoms with E-state index < -0.39 is 6.04 Å². The molecule has 0 radical (unpaired) electrons. The van der Waals surface area contributed by atoms with Gasteiger partial charge in [0.25, 0.3) is 0 Å². The van der Waals surface area contributed by atoms with Gasteiger partial charge in [0.2, 0.25) is 5.91 Å². The van der Waals surface area contributed by atoms with E-state index in [1.807, 2.05) is 48.5 Å². The van der Waals surface area contributed by atoms with Gasteiger partial charge in [0.15, 0.2) is 0 Å². The second kappa shape index (κ2) is 7.99. The topological polar surface area (TPSA) is 73.6 Å². The first-order valence-corrected chi connectivity index (χ1v) is 9.75. The summed E-state index contributed by atoms with van der Waals surface area (Å²) in [5.74, 6) is 6.88. The molecule has 5 heteroatoms. The van der Waals surface area contributed by atoms with E-state index in [-0.39, 0.29) is 30.4 Å².